The molecule has 0 aliphatic rings. The number of hydrogen-bond acceptors (Lipinski definition) is 21. The number of anilines is 4. The van der Waals surface area contributed by atoms with Crippen LogP contribution in [-0.2, 0) is 50.4 Å². The van der Waals surface area contributed by atoms with E-state index in [0.29, 0.717) is 29.3 Å². The molecule has 0 saturated heterocycles. The number of aromatic hydroxyl groups is 1. The number of fused-ring (bicyclic) bond motifs is 1. The summed E-state index contributed by atoms with van der Waals surface area (Å²) in [5.41, 5.74) is 17.1. The standard InChI is InChI=1S/C37H35N11O15S5.CH4/c1-63-31-18-29(27(38)17-28(31)39)45-42-20-2-4-23(5-3-20)48-65(52,53)25-12-8-22(9-13-25)44-47-36-33(67(57,58)59)16-26-32(66(54,55)56)19-30(35(40)34(26)37(36)49)46-43-21-6-10-24(11-7-21)64(50,51)15-14-41-68(60,61)62;/h2-13,16-19,41,48-49H,14-15,38-40H2,1H3,(H,54,55,56)(H,57,58,59)(H,60,61,62);1H4. The maximum Gasteiger partial charge on any atom is 0.333 e. The molecule has 0 unspecified atom stereocenters. The van der Waals surface area contributed by atoms with Crippen LogP contribution in [0.25, 0.3) is 10.8 Å². The van der Waals surface area contributed by atoms with E-state index in [1.807, 2.05) is 0 Å². The van der Waals surface area contributed by atoms with Gasteiger partial charge < -0.3 is 27.0 Å². The van der Waals surface area contributed by atoms with Crippen LogP contribution in [0.4, 0.5) is 56.9 Å². The van der Waals surface area contributed by atoms with Crippen LogP contribution < -0.4 is 31.4 Å². The Morgan fingerprint density at radius 2 is 1.10 bits per heavy atom. The van der Waals surface area contributed by atoms with Gasteiger partial charge in [0.1, 0.15) is 32.6 Å². The second-order valence-corrected chi connectivity index (χ2v) is 21.6. The fourth-order valence-electron chi connectivity index (χ4n) is 5.94. The number of benzene rings is 6. The van der Waals surface area contributed by atoms with Gasteiger partial charge in [0.05, 0.1) is 62.2 Å². The quantitative estimate of drug-likeness (QED) is 0.0262. The Balaban J connectivity index is 0.00000888. The molecule has 31 heteroatoms. The molecule has 0 saturated carbocycles. The molecule has 0 spiro atoms. The van der Waals surface area contributed by atoms with Gasteiger partial charge in [0.25, 0.3) is 30.3 Å². The number of phenols is 1. The van der Waals surface area contributed by atoms with E-state index in [1.165, 1.54) is 43.5 Å². The topological polar surface area (TPSA) is 437 Å². The van der Waals surface area contributed by atoms with Gasteiger partial charge in [-0.2, -0.15) is 45.3 Å². The number of ether oxygens (including phenoxy) is 1. The minimum absolute atomic E-state index is 0. The van der Waals surface area contributed by atoms with E-state index in [-0.39, 0.29) is 45.7 Å². The first kappa shape index (κ1) is 52.7. The SMILES string of the molecule is C.COc1cc(N=Nc2ccc(NS(=O)(=O)c3ccc(N=Nc4c(S(=O)(=O)O)cc5c(S(=O)(=O)O)cc(N=Nc6ccc(S(=O)(=O)CCNS(=O)(=O)O)cc6)c(N)c5c4O)cc3)cc2)c(N)cc1N. The van der Waals surface area contributed by atoms with Gasteiger partial charge in [-0.05, 0) is 91.0 Å². The van der Waals surface area contributed by atoms with E-state index < -0.39 is 106 Å². The zero-order valence-corrected chi connectivity index (χ0v) is 38.5. The second kappa shape index (κ2) is 20.2. The summed E-state index contributed by atoms with van der Waals surface area (Å²) in [6.07, 6.45) is 0. The average Bonchev–Trinajstić information content (AvgIpc) is 3.24. The lowest BCUT2D eigenvalue weighted by Crippen LogP contribution is -2.28. The highest BCUT2D eigenvalue weighted by Crippen LogP contribution is 2.48. The van der Waals surface area contributed by atoms with Crippen molar-refractivity contribution in [1.82, 2.24) is 4.72 Å². The Labute approximate surface area is 394 Å². The molecule has 69 heavy (non-hydrogen) atoms. The van der Waals surface area contributed by atoms with E-state index in [4.69, 9.17) is 26.5 Å². The van der Waals surface area contributed by atoms with Gasteiger partial charge >= 0.3 is 10.3 Å². The molecule has 0 heterocycles. The van der Waals surface area contributed by atoms with E-state index in [1.54, 1.807) is 4.72 Å². The highest BCUT2D eigenvalue weighted by Gasteiger charge is 2.29. The lowest BCUT2D eigenvalue weighted by Gasteiger charge is -2.14. The van der Waals surface area contributed by atoms with Gasteiger partial charge in [0.15, 0.2) is 15.6 Å². The maximum atomic E-state index is 13.2. The molecule has 6 rings (SSSR count). The largest absolute Gasteiger partial charge is 0.505 e. The summed E-state index contributed by atoms with van der Waals surface area (Å²) in [6, 6.07) is 18.9. The van der Waals surface area contributed by atoms with Crippen molar-refractivity contribution in [2.24, 2.45) is 30.7 Å². The third-order valence-corrected chi connectivity index (χ3v) is 14.6. The van der Waals surface area contributed by atoms with Gasteiger partial charge in [-0.15, -0.1) is 15.3 Å². The molecule has 0 bridgehead atoms. The molecule has 0 aliphatic heterocycles. The fourth-order valence-corrected chi connectivity index (χ4v) is 9.99. The molecular weight excluding hydrogens is 1010 g/mol. The number of phenolic OH excluding ortho intramolecular Hbond substituents is 1. The normalized spacial score (nSPS) is 12.8. The number of azo groups is 3. The summed E-state index contributed by atoms with van der Waals surface area (Å²) in [5, 5.41) is 33.5. The number of nitrogens with one attached hydrogen (secondary N) is 2. The third kappa shape index (κ3) is 12.7. The lowest BCUT2D eigenvalue weighted by atomic mass is 10.0. The zero-order chi connectivity index (χ0) is 50.0. The van der Waals surface area contributed by atoms with Crippen molar-refractivity contribution in [1.29, 1.82) is 0 Å². The predicted octanol–water partition coefficient (Wildman–Crippen LogP) is 6.64. The van der Waals surface area contributed by atoms with Gasteiger partial charge in [-0.1, -0.05) is 7.43 Å². The molecule has 6 aromatic carbocycles. The summed E-state index contributed by atoms with van der Waals surface area (Å²) < 4.78 is 162. The monoisotopic (exact) mass is 1050 g/mol. The molecular formula is C38H39N11O15S5. The third-order valence-electron chi connectivity index (χ3n) is 9.18. The summed E-state index contributed by atoms with van der Waals surface area (Å²) in [7, 11) is -22.2. The average molecular weight is 1050 g/mol. The van der Waals surface area contributed by atoms with Crippen molar-refractivity contribution in [3.05, 3.63) is 97.1 Å². The van der Waals surface area contributed by atoms with Crippen LogP contribution in [0.15, 0.2) is 147 Å². The van der Waals surface area contributed by atoms with Crippen LogP contribution in [0.1, 0.15) is 7.43 Å². The van der Waals surface area contributed by atoms with Crippen molar-refractivity contribution in [3.63, 3.8) is 0 Å². The second-order valence-electron chi connectivity index (χ2n) is 13.8. The van der Waals surface area contributed by atoms with Crippen molar-refractivity contribution >= 4 is 118 Å². The van der Waals surface area contributed by atoms with E-state index in [0.717, 1.165) is 48.5 Å². The first-order chi connectivity index (χ1) is 31.7. The molecule has 6 aromatic rings. The highest BCUT2D eigenvalue weighted by atomic mass is 32.2. The summed E-state index contributed by atoms with van der Waals surface area (Å²) >= 11 is 0. The van der Waals surface area contributed by atoms with Gasteiger partial charge in [0.2, 0.25) is 0 Å². The molecule has 0 radical (unpaired) electrons. The molecule has 12 N–H and O–H groups in total. The molecule has 0 atom stereocenters. The van der Waals surface area contributed by atoms with Crippen molar-refractivity contribution in [2.75, 3.05) is 41.3 Å². The minimum Gasteiger partial charge on any atom is -0.505 e. The summed E-state index contributed by atoms with van der Waals surface area (Å²) in [5.74, 6) is -1.57. The number of hydrogen-bond donors (Lipinski definition) is 9. The fraction of sp³-hybridized carbons (Fsp3) is 0.105. The van der Waals surface area contributed by atoms with Gasteiger partial charge in [0, 0.05) is 23.7 Å². The Bertz CT molecular complexity index is 3640. The van der Waals surface area contributed by atoms with Crippen LogP contribution in [-0.4, -0.2) is 80.3 Å². The van der Waals surface area contributed by atoms with Crippen LogP contribution in [0.2, 0.25) is 0 Å². The Morgan fingerprint density at radius 1 is 0.594 bits per heavy atom. The molecule has 26 nitrogen and oxygen atoms in total. The molecule has 0 aromatic heterocycles. The predicted molar refractivity (Wildman–Crippen MR) is 252 cm³/mol. The number of methoxy groups -OCH3 is 1. The molecule has 0 fully saturated rings. The van der Waals surface area contributed by atoms with Crippen LogP contribution in [0.3, 0.4) is 0 Å². The Kier molecular flexibility index (Phi) is 15.4. The minimum atomic E-state index is -5.36. The van der Waals surface area contributed by atoms with Crippen LogP contribution in [0.5, 0.6) is 11.5 Å². The van der Waals surface area contributed by atoms with Crippen molar-refractivity contribution < 1.29 is 65.6 Å². The van der Waals surface area contributed by atoms with Crippen molar-refractivity contribution in [2.45, 2.75) is 27.0 Å². The van der Waals surface area contributed by atoms with E-state index >= 15 is 0 Å². The highest BCUT2D eigenvalue weighted by molar-refractivity contribution is 7.92. The van der Waals surface area contributed by atoms with E-state index in [2.05, 4.69) is 35.4 Å². The maximum absolute atomic E-state index is 13.2. The Morgan fingerprint density at radius 3 is 1.62 bits per heavy atom. The number of nitrogens with two attached hydrogens (primary N) is 3. The number of rotatable bonds is 17. The van der Waals surface area contributed by atoms with Crippen LogP contribution >= 0.6 is 0 Å². The van der Waals surface area contributed by atoms with Crippen molar-refractivity contribution in [3.8, 4) is 11.5 Å². The Hall–Kier alpha value is -7.23. The summed E-state index contributed by atoms with van der Waals surface area (Å²) in [4.78, 5) is -2.80. The first-order valence-corrected chi connectivity index (χ1v) is 26.0. The summed E-state index contributed by atoms with van der Waals surface area (Å²) in [6.45, 7) is -0.643. The lowest BCUT2D eigenvalue weighted by molar-refractivity contribution is 0.417. The zero-order valence-electron chi connectivity index (χ0n) is 34.4. The van der Waals surface area contributed by atoms with Gasteiger partial charge in [-0.3, -0.25) is 18.4 Å². The first-order valence-electron chi connectivity index (χ1n) is 18.5. The van der Waals surface area contributed by atoms with E-state index in [9.17, 15) is 56.3 Å². The van der Waals surface area contributed by atoms with Crippen LogP contribution in [0, 0.1) is 0 Å². The molecule has 0 aliphatic carbocycles. The molecule has 366 valence electrons. The smallest absolute Gasteiger partial charge is 0.333 e. The number of sulfone groups is 1. The number of nitrogens with zero attached hydrogens (tertiary/aromatic N) is 6. The number of sulfonamides is 1. The molecule has 0 amide bonds. The van der Waals surface area contributed by atoms with Gasteiger partial charge in [-0.25, -0.2) is 16.8 Å². The number of nitrogen functional groups attached to an aromatic ring is 3.